The van der Waals surface area contributed by atoms with Crippen molar-refractivity contribution < 1.29 is 9.53 Å². The quantitative estimate of drug-likeness (QED) is 0.825. The van der Waals surface area contributed by atoms with E-state index in [9.17, 15) is 4.79 Å². The molecule has 0 aliphatic rings. The molecular formula is C19H24N2O2. The molecule has 0 heterocycles. The summed E-state index contributed by atoms with van der Waals surface area (Å²) in [7, 11) is 1.65. The first kappa shape index (κ1) is 16.9. The van der Waals surface area contributed by atoms with Gasteiger partial charge in [0.1, 0.15) is 5.75 Å². The minimum atomic E-state index is -0.124. The Bertz CT molecular complexity index is 641. The molecule has 0 spiro atoms. The van der Waals surface area contributed by atoms with Gasteiger partial charge < -0.3 is 15.4 Å². The van der Waals surface area contributed by atoms with Gasteiger partial charge in [0, 0.05) is 13.1 Å². The van der Waals surface area contributed by atoms with Crippen LogP contribution in [0.1, 0.15) is 16.7 Å². The van der Waals surface area contributed by atoms with Crippen molar-refractivity contribution >= 4 is 6.03 Å². The largest absolute Gasteiger partial charge is 0.497 e. The third-order valence-electron chi connectivity index (χ3n) is 3.77. The fourth-order valence-electron chi connectivity index (χ4n) is 2.41. The molecule has 0 aliphatic carbocycles. The first-order valence-electron chi connectivity index (χ1n) is 7.88. The molecule has 2 rings (SSSR count). The number of amides is 2. The lowest BCUT2D eigenvalue weighted by atomic mass is 10.1. The summed E-state index contributed by atoms with van der Waals surface area (Å²) in [5.41, 5.74) is 3.67. The first-order valence-corrected chi connectivity index (χ1v) is 7.88. The number of rotatable bonds is 7. The van der Waals surface area contributed by atoms with Crippen LogP contribution < -0.4 is 15.4 Å². The minimum Gasteiger partial charge on any atom is -0.497 e. The maximum absolute atomic E-state index is 11.8. The van der Waals surface area contributed by atoms with Gasteiger partial charge in [0.25, 0.3) is 0 Å². The molecule has 0 aromatic heterocycles. The highest BCUT2D eigenvalue weighted by molar-refractivity contribution is 5.73. The van der Waals surface area contributed by atoms with Gasteiger partial charge in [-0.15, -0.1) is 0 Å². The number of carbonyl (C=O) groups is 1. The lowest BCUT2D eigenvalue weighted by molar-refractivity contribution is 0.241. The molecule has 2 aromatic rings. The zero-order valence-electron chi connectivity index (χ0n) is 13.8. The first-order chi connectivity index (χ1) is 11.2. The van der Waals surface area contributed by atoms with E-state index in [1.54, 1.807) is 7.11 Å². The van der Waals surface area contributed by atoms with Gasteiger partial charge in [-0.2, -0.15) is 0 Å². The Hall–Kier alpha value is -2.49. The molecule has 0 bridgehead atoms. The van der Waals surface area contributed by atoms with Crippen molar-refractivity contribution in [1.82, 2.24) is 10.6 Å². The molecular weight excluding hydrogens is 288 g/mol. The van der Waals surface area contributed by atoms with Crippen LogP contribution in [0.4, 0.5) is 4.79 Å². The summed E-state index contributed by atoms with van der Waals surface area (Å²) in [5, 5.41) is 5.77. The molecule has 23 heavy (non-hydrogen) atoms. The molecule has 0 atom stereocenters. The number of nitrogens with one attached hydrogen (secondary N) is 2. The van der Waals surface area contributed by atoms with Crippen molar-refractivity contribution in [3.8, 4) is 5.75 Å². The van der Waals surface area contributed by atoms with Crippen molar-refractivity contribution in [3.63, 3.8) is 0 Å². The summed E-state index contributed by atoms with van der Waals surface area (Å²) >= 11 is 0. The molecule has 0 saturated heterocycles. The second-order valence-electron chi connectivity index (χ2n) is 5.46. The maximum Gasteiger partial charge on any atom is 0.314 e. The van der Waals surface area contributed by atoms with Crippen LogP contribution in [0, 0.1) is 6.92 Å². The van der Waals surface area contributed by atoms with E-state index < -0.39 is 0 Å². The summed E-state index contributed by atoms with van der Waals surface area (Å²) in [6, 6.07) is 16.0. The van der Waals surface area contributed by atoms with E-state index in [0.717, 1.165) is 24.2 Å². The highest BCUT2D eigenvalue weighted by Gasteiger charge is 2.02. The van der Waals surface area contributed by atoms with E-state index in [-0.39, 0.29) is 6.03 Å². The van der Waals surface area contributed by atoms with Crippen LogP contribution in [0.3, 0.4) is 0 Å². The average Bonchev–Trinajstić information content (AvgIpc) is 2.57. The van der Waals surface area contributed by atoms with Gasteiger partial charge in [-0.05, 0) is 48.6 Å². The number of aryl methyl sites for hydroxylation is 1. The van der Waals surface area contributed by atoms with E-state index in [1.807, 2.05) is 36.4 Å². The Morgan fingerprint density at radius 1 is 1.00 bits per heavy atom. The van der Waals surface area contributed by atoms with E-state index in [2.05, 4.69) is 29.7 Å². The molecule has 0 aliphatic heterocycles. The summed E-state index contributed by atoms with van der Waals surface area (Å²) in [5.74, 6) is 0.838. The van der Waals surface area contributed by atoms with Crippen molar-refractivity contribution in [1.29, 1.82) is 0 Å². The predicted octanol–water partition coefficient (Wildman–Crippen LogP) is 3.09. The van der Waals surface area contributed by atoms with Crippen molar-refractivity contribution in [3.05, 3.63) is 65.2 Å². The van der Waals surface area contributed by atoms with Crippen molar-refractivity contribution in [2.24, 2.45) is 0 Å². The van der Waals surface area contributed by atoms with E-state index in [4.69, 9.17) is 4.74 Å². The Balaban J connectivity index is 1.66. The normalized spacial score (nSPS) is 10.2. The molecule has 4 heteroatoms. The van der Waals surface area contributed by atoms with Gasteiger partial charge in [0.2, 0.25) is 0 Å². The molecule has 2 N–H and O–H groups in total. The second kappa shape index (κ2) is 8.83. The monoisotopic (exact) mass is 312 g/mol. The van der Waals surface area contributed by atoms with Crippen LogP contribution in [-0.4, -0.2) is 26.2 Å². The predicted molar refractivity (Wildman–Crippen MR) is 93.0 cm³/mol. The van der Waals surface area contributed by atoms with Crippen LogP contribution in [0.25, 0.3) is 0 Å². The summed E-state index contributed by atoms with van der Waals surface area (Å²) in [6.07, 6.45) is 1.62. The number of carbonyl (C=O) groups excluding carboxylic acids is 1. The summed E-state index contributed by atoms with van der Waals surface area (Å²) in [6.45, 7) is 3.32. The van der Waals surface area contributed by atoms with Gasteiger partial charge in [-0.25, -0.2) is 4.79 Å². The van der Waals surface area contributed by atoms with Gasteiger partial charge in [0.15, 0.2) is 0 Å². The van der Waals surface area contributed by atoms with Crippen LogP contribution in [0.5, 0.6) is 5.75 Å². The van der Waals surface area contributed by atoms with Gasteiger partial charge in [-0.1, -0.05) is 36.4 Å². The zero-order valence-corrected chi connectivity index (χ0v) is 13.8. The van der Waals surface area contributed by atoms with Crippen LogP contribution >= 0.6 is 0 Å². The van der Waals surface area contributed by atoms with Gasteiger partial charge in [-0.3, -0.25) is 0 Å². The number of methoxy groups -OCH3 is 1. The average molecular weight is 312 g/mol. The number of hydrogen-bond donors (Lipinski definition) is 2. The molecule has 0 unspecified atom stereocenters. The Morgan fingerprint density at radius 2 is 1.74 bits per heavy atom. The molecule has 4 nitrogen and oxygen atoms in total. The van der Waals surface area contributed by atoms with Crippen LogP contribution in [-0.2, 0) is 12.8 Å². The Morgan fingerprint density at radius 3 is 2.48 bits per heavy atom. The Kier molecular flexibility index (Phi) is 6.48. The lowest BCUT2D eigenvalue weighted by Crippen LogP contribution is -2.37. The number of hydrogen-bond acceptors (Lipinski definition) is 2. The summed E-state index contributed by atoms with van der Waals surface area (Å²) in [4.78, 5) is 11.8. The lowest BCUT2D eigenvalue weighted by Gasteiger charge is -2.09. The maximum atomic E-state index is 11.8. The van der Waals surface area contributed by atoms with E-state index >= 15 is 0 Å². The smallest absolute Gasteiger partial charge is 0.314 e. The second-order valence-corrected chi connectivity index (χ2v) is 5.46. The number of urea groups is 1. The zero-order chi connectivity index (χ0) is 16.5. The minimum absolute atomic E-state index is 0.124. The van der Waals surface area contributed by atoms with Gasteiger partial charge >= 0.3 is 6.03 Å². The highest BCUT2D eigenvalue weighted by Crippen LogP contribution is 2.12. The molecule has 0 radical (unpaired) electrons. The number of benzene rings is 2. The topological polar surface area (TPSA) is 50.4 Å². The van der Waals surface area contributed by atoms with Crippen LogP contribution in [0.15, 0.2) is 48.5 Å². The fourth-order valence-corrected chi connectivity index (χ4v) is 2.41. The SMILES string of the molecule is COc1cccc(CCNC(=O)NCCc2ccccc2C)c1. The summed E-state index contributed by atoms with van der Waals surface area (Å²) < 4.78 is 5.19. The molecule has 0 saturated carbocycles. The van der Waals surface area contributed by atoms with E-state index in [0.29, 0.717) is 13.1 Å². The molecule has 2 amide bonds. The third-order valence-corrected chi connectivity index (χ3v) is 3.77. The van der Waals surface area contributed by atoms with Crippen molar-refractivity contribution in [2.75, 3.05) is 20.2 Å². The van der Waals surface area contributed by atoms with Gasteiger partial charge in [0.05, 0.1) is 7.11 Å². The number of ether oxygens (including phenoxy) is 1. The molecule has 0 fully saturated rings. The van der Waals surface area contributed by atoms with E-state index in [1.165, 1.54) is 11.1 Å². The third kappa shape index (κ3) is 5.66. The molecule has 2 aromatic carbocycles. The van der Waals surface area contributed by atoms with Crippen molar-refractivity contribution in [2.45, 2.75) is 19.8 Å². The Labute approximate surface area is 137 Å². The fraction of sp³-hybridized carbons (Fsp3) is 0.316. The standard InChI is InChI=1S/C19H24N2O2/c1-15-6-3-4-8-17(15)11-13-21-19(22)20-12-10-16-7-5-9-18(14-16)23-2/h3-9,14H,10-13H2,1-2H3,(H2,20,21,22). The highest BCUT2D eigenvalue weighted by atomic mass is 16.5. The van der Waals surface area contributed by atoms with Crippen LogP contribution in [0.2, 0.25) is 0 Å². The molecule has 122 valence electrons.